The van der Waals surface area contributed by atoms with Crippen LogP contribution in [-0.2, 0) is 4.74 Å². The highest BCUT2D eigenvalue weighted by Crippen LogP contribution is 2.52. The van der Waals surface area contributed by atoms with E-state index in [2.05, 4.69) is 25.2 Å². The highest BCUT2D eigenvalue weighted by molar-refractivity contribution is 6.33. The minimum Gasteiger partial charge on any atom is -0.380 e. The largest absolute Gasteiger partial charge is 0.380 e. The van der Waals surface area contributed by atoms with Crippen molar-refractivity contribution < 1.29 is 4.74 Å². The zero-order valence-electron chi connectivity index (χ0n) is 11.8. The Kier molecular flexibility index (Phi) is 3.40. The summed E-state index contributed by atoms with van der Waals surface area (Å²) in [4.78, 5) is 0. The zero-order chi connectivity index (χ0) is 14.3. The second-order valence-corrected chi connectivity index (χ2v) is 6.75. The molecule has 0 radical (unpaired) electrons. The Hall–Kier alpha value is -1.24. The molecule has 0 bridgehead atoms. The molecule has 4 heteroatoms. The van der Waals surface area contributed by atoms with Gasteiger partial charge in [-0.2, -0.15) is 5.26 Å². The minimum absolute atomic E-state index is 0.0943. The van der Waals surface area contributed by atoms with Crippen molar-refractivity contribution >= 4 is 17.3 Å². The molecule has 1 aromatic rings. The number of ether oxygens (including phenoxy) is 1. The van der Waals surface area contributed by atoms with Gasteiger partial charge in [-0.3, -0.25) is 0 Å². The summed E-state index contributed by atoms with van der Waals surface area (Å²) in [5.74, 6) is 0.542. The van der Waals surface area contributed by atoms with Crippen LogP contribution >= 0.6 is 11.6 Å². The molecule has 0 amide bonds. The number of anilines is 1. The number of hydrogen-bond acceptors (Lipinski definition) is 3. The molecule has 0 spiro atoms. The number of rotatable bonds is 2. The van der Waals surface area contributed by atoms with Crippen molar-refractivity contribution in [2.75, 3.05) is 11.9 Å². The topological polar surface area (TPSA) is 45.0 Å². The van der Waals surface area contributed by atoms with Gasteiger partial charge in [0.05, 0.1) is 28.4 Å². The fraction of sp³-hybridized carbons (Fsp3) is 0.562. The molecule has 20 heavy (non-hydrogen) atoms. The number of nitrogens with zero attached hydrogens (tertiary/aromatic N) is 1. The number of hydrogen-bond donors (Lipinski definition) is 1. The first-order valence-corrected chi connectivity index (χ1v) is 7.49. The first-order valence-electron chi connectivity index (χ1n) is 7.12. The Morgan fingerprint density at radius 3 is 3.00 bits per heavy atom. The van der Waals surface area contributed by atoms with Crippen LogP contribution < -0.4 is 5.32 Å². The zero-order valence-corrected chi connectivity index (χ0v) is 12.6. The minimum atomic E-state index is 0.0943. The lowest BCUT2D eigenvalue weighted by Crippen LogP contribution is -2.67. The number of fused-ring (bicyclic) bond motifs is 1. The lowest BCUT2D eigenvalue weighted by atomic mass is 9.55. The lowest BCUT2D eigenvalue weighted by Gasteiger charge is -2.60. The van der Waals surface area contributed by atoms with Crippen molar-refractivity contribution in [3.8, 4) is 6.07 Å². The van der Waals surface area contributed by atoms with Gasteiger partial charge in [-0.05, 0) is 31.0 Å². The fourth-order valence-electron chi connectivity index (χ4n) is 3.69. The molecular weight excluding hydrogens is 272 g/mol. The van der Waals surface area contributed by atoms with Crippen LogP contribution in [0.25, 0.3) is 0 Å². The number of nitriles is 1. The molecule has 3 unspecified atom stereocenters. The standard InChI is InChI=1S/C16H19ClN2O/c1-16(2)14(11-4-3-7-20-15(11)16)19-13-8-10(9-18)5-6-12(13)17/h5-6,8,11,14-15,19H,3-4,7H2,1-2H3. The molecule has 3 atom stereocenters. The van der Waals surface area contributed by atoms with E-state index < -0.39 is 0 Å². The lowest BCUT2D eigenvalue weighted by molar-refractivity contribution is -0.177. The molecule has 1 aromatic carbocycles. The molecule has 0 aromatic heterocycles. The van der Waals surface area contributed by atoms with Gasteiger partial charge in [-0.1, -0.05) is 25.4 Å². The van der Waals surface area contributed by atoms with Crippen LogP contribution in [-0.4, -0.2) is 18.8 Å². The Morgan fingerprint density at radius 1 is 1.45 bits per heavy atom. The third kappa shape index (κ3) is 2.08. The highest BCUT2D eigenvalue weighted by atomic mass is 35.5. The number of benzene rings is 1. The van der Waals surface area contributed by atoms with Crippen LogP contribution in [0.15, 0.2) is 18.2 Å². The van der Waals surface area contributed by atoms with Crippen molar-refractivity contribution in [3.63, 3.8) is 0 Å². The molecule has 3 nitrogen and oxygen atoms in total. The Labute approximate surface area is 124 Å². The predicted octanol–water partition coefficient (Wildman–Crippen LogP) is 3.83. The van der Waals surface area contributed by atoms with Crippen molar-refractivity contribution in [1.29, 1.82) is 5.26 Å². The van der Waals surface area contributed by atoms with Crippen LogP contribution in [0, 0.1) is 22.7 Å². The molecular formula is C16H19ClN2O. The average molecular weight is 291 g/mol. The van der Waals surface area contributed by atoms with Crippen molar-refractivity contribution in [2.24, 2.45) is 11.3 Å². The summed E-state index contributed by atoms with van der Waals surface area (Å²) in [7, 11) is 0. The third-order valence-corrected chi connectivity index (χ3v) is 5.07. The van der Waals surface area contributed by atoms with Crippen molar-refractivity contribution in [3.05, 3.63) is 28.8 Å². The van der Waals surface area contributed by atoms with Crippen molar-refractivity contribution in [2.45, 2.75) is 38.8 Å². The molecule has 1 heterocycles. The van der Waals surface area contributed by atoms with Crippen LogP contribution in [0.1, 0.15) is 32.3 Å². The summed E-state index contributed by atoms with van der Waals surface area (Å²) < 4.78 is 5.91. The summed E-state index contributed by atoms with van der Waals surface area (Å²) in [6.07, 6.45) is 2.66. The molecule has 106 valence electrons. The van der Waals surface area contributed by atoms with Gasteiger partial charge < -0.3 is 10.1 Å². The molecule has 1 N–H and O–H groups in total. The average Bonchev–Trinajstić information content (AvgIpc) is 2.46. The normalized spacial score (nSPS) is 30.8. The molecule has 1 aliphatic heterocycles. The smallest absolute Gasteiger partial charge is 0.0992 e. The Bertz CT molecular complexity index is 564. The van der Waals surface area contributed by atoms with Gasteiger partial charge in [-0.15, -0.1) is 0 Å². The van der Waals surface area contributed by atoms with E-state index in [1.165, 1.54) is 6.42 Å². The molecule has 1 saturated heterocycles. The molecule has 1 saturated carbocycles. The van der Waals surface area contributed by atoms with Crippen LogP contribution in [0.5, 0.6) is 0 Å². The molecule has 3 rings (SSSR count). The maximum Gasteiger partial charge on any atom is 0.0992 e. The highest BCUT2D eigenvalue weighted by Gasteiger charge is 2.57. The van der Waals surface area contributed by atoms with E-state index in [1.807, 2.05) is 6.07 Å². The van der Waals surface area contributed by atoms with Gasteiger partial charge in [-0.25, -0.2) is 0 Å². The number of nitrogens with one attached hydrogen (secondary N) is 1. The summed E-state index contributed by atoms with van der Waals surface area (Å²) in [5.41, 5.74) is 1.58. The quantitative estimate of drug-likeness (QED) is 0.900. The maximum absolute atomic E-state index is 9.01. The van der Waals surface area contributed by atoms with Gasteiger partial charge in [0.25, 0.3) is 0 Å². The summed E-state index contributed by atoms with van der Waals surface area (Å²) in [5, 5.41) is 13.2. The van der Waals surface area contributed by atoms with E-state index >= 15 is 0 Å². The maximum atomic E-state index is 9.01. The van der Waals surface area contributed by atoms with Gasteiger partial charge >= 0.3 is 0 Å². The fourth-order valence-corrected chi connectivity index (χ4v) is 3.86. The second kappa shape index (κ2) is 4.95. The van der Waals surface area contributed by atoms with E-state index in [4.69, 9.17) is 21.6 Å². The van der Waals surface area contributed by atoms with Crippen LogP contribution in [0.3, 0.4) is 0 Å². The van der Waals surface area contributed by atoms with Gasteiger partial charge in [0.1, 0.15) is 0 Å². The van der Waals surface area contributed by atoms with Gasteiger partial charge in [0, 0.05) is 24.0 Å². The summed E-state index contributed by atoms with van der Waals surface area (Å²) >= 11 is 6.24. The Balaban J connectivity index is 1.83. The van der Waals surface area contributed by atoms with Crippen LogP contribution in [0.2, 0.25) is 5.02 Å². The second-order valence-electron chi connectivity index (χ2n) is 6.35. The molecule has 2 aliphatic rings. The Morgan fingerprint density at radius 2 is 2.25 bits per heavy atom. The van der Waals surface area contributed by atoms with E-state index in [0.29, 0.717) is 28.6 Å². The van der Waals surface area contributed by atoms with Crippen LogP contribution in [0.4, 0.5) is 5.69 Å². The van der Waals surface area contributed by atoms with Crippen molar-refractivity contribution in [1.82, 2.24) is 0 Å². The number of halogens is 1. The van der Waals surface area contributed by atoms with Gasteiger partial charge in [0.15, 0.2) is 0 Å². The third-order valence-electron chi connectivity index (χ3n) is 4.74. The summed E-state index contributed by atoms with van der Waals surface area (Å²) in [6, 6.07) is 7.86. The molecule has 1 aliphatic carbocycles. The first kappa shape index (κ1) is 13.7. The summed E-state index contributed by atoms with van der Waals surface area (Å²) in [6.45, 7) is 5.35. The van der Waals surface area contributed by atoms with E-state index in [1.54, 1.807) is 12.1 Å². The van der Waals surface area contributed by atoms with E-state index in [0.717, 1.165) is 18.7 Å². The molecule has 2 fully saturated rings. The predicted molar refractivity (Wildman–Crippen MR) is 79.8 cm³/mol. The van der Waals surface area contributed by atoms with Gasteiger partial charge in [0.2, 0.25) is 0 Å². The van der Waals surface area contributed by atoms with E-state index in [-0.39, 0.29) is 5.41 Å². The monoisotopic (exact) mass is 290 g/mol. The van der Waals surface area contributed by atoms with E-state index in [9.17, 15) is 0 Å². The SMILES string of the molecule is CC1(C)C(Nc2cc(C#N)ccc2Cl)C2CCCOC21. The first-order chi connectivity index (χ1) is 9.54.